The van der Waals surface area contributed by atoms with Crippen LogP contribution in [0.25, 0.3) is 0 Å². The highest BCUT2D eigenvalue weighted by atomic mass is 16.5. The molecule has 0 saturated carbocycles. The third-order valence-corrected chi connectivity index (χ3v) is 3.36. The normalized spacial score (nSPS) is 25.1. The Morgan fingerprint density at radius 3 is 2.61 bits per heavy atom. The SMILES string of the molecule is COC1CNC(C(=O)NCC(C(=O)O)C(C)C)C1. The Morgan fingerprint density at radius 1 is 1.50 bits per heavy atom. The van der Waals surface area contributed by atoms with Gasteiger partial charge in [-0.1, -0.05) is 13.8 Å². The molecule has 0 aliphatic carbocycles. The molecule has 3 atom stereocenters. The highest BCUT2D eigenvalue weighted by Gasteiger charge is 2.30. The van der Waals surface area contributed by atoms with Gasteiger partial charge >= 0.3 is 5.97 Å². The number of methoxy groups -OCH3 is 1. The summed E-state index contributed by atoms with van der Waals surface area (Å²) in [5, 5.41) is 14.8. The van der Waals surface area contributed by atoms with Gasteiger partial charge in [0.2, 0.25) is 5.91 Å². The molecule has 18 heavy (non-hydrogen) atoms. The van der Waals surface area contributed by atoms with E-state index < -0.39 is 11.9 Å². The van der Waals surface area contributed by atoms with Crippen LogP contribution in [-0.4, -0.2) is 49.3 Å². The molecule has 6 heteroatoms. The minimum atomic E-state index is -0.876. The number of carbonyl (C=O) groups is 2. The third-order valence-electron chi connectivity index (χ3n) is 3.36. The molecular formula is C12H22N2O4. The van der Waals surface area contributed by atoms with E-state index in [1.807, 2.05) is 13.8 Å². The summed E-state index contributed by atoms with van der Waals surface area (Å²) in [6, 6.07) is -0.281. The molecule has 0 radical (unpaired) electrons. The summed E-state index contributed by atoms with van der Waals surface area (Å²) in [5.74, 6) is -1.58. The predicted molar refractivity (Wildman–Crippen MR) is 66.2 cm³/mol. The van der Waals surface area contributed by atoms with Crippen LogP contribution in [0.2, 0.25) is 0 Å². The Kier molecular flexibility index (Phi) is 5.55. The van der Waals surface area contributed by atoms with Crippen LogP contribution in [0.3, 0.4) is 0 Å². The molecule has 0 bridgehead atoms. The highest BCUT2D eigenvalue weighted by Crippen LogP contribution is 2.12. The van der Waals surface area contributed by atoms with Crippen molar-refractivity contribution in [2.75, 3.05) is 20.2 Å². The van der Waals surface area contributed by atoms with Gasteiger partial charge in [0.15, 0.2) is 0 Å². The van der Waals surface area contributed by atoms with Gasteiger partial charge in [0.05, 0.1) is 18.1 Å². The first-order chi connectivity index (χ1) is 8.45. The number of rotatable bonds is 6. The Balaban J connectivity index is 2.39. The lowest BCUT2D eigenvalue weighted by Gasteiger charge is -2.18. The van der Waals surface area contributed by atoms with Gasteiger partial charge in [-0.25, -0.2) is 0 Å². The summed E-state index contributed by atoms with van der Waals surface area (Å²) in [6.07, 6.45) is 0.683. The molecule has 6 nitrogen and oxygen atoms in total. The molecule has 0 aromatic heterocycles. The Bertz CT molecular complexity index is 306. The topological polar surface area (TPSA) is 87.7 Å². The first-order valence-corrected chi connectivity index (χ1v) is 6.22. The minimum Gasteiger partial charge on any atom is -0.481 e. The average Bonchev–Trinajstić information content (AvgIpc) is 2.76. The van der Waals surface area contributed by atoms with E-state index in [2.05, 4.69) is 10.6 Å². The number of carboxylic acid groups (broad SMARTS) is 1. The monoisotopic (exact) mass is 258 g/mol. The molecule has 1 aliphatic heterocycles. The van der Waals surface area contributed by atoms with Crippen molar-refractivity contribution in [1.29, 1.82) is 0 Å². The van der Waals surface area contributed by atoms with Crippen molar-refractivity contribution in [1.82, 2.24) is 10.6 Å². The molecule has 1 saturated heterocycles. The molecule has 1 rings (SSSR count). The van der Waals surface area contributed by atoms with Crippen LogP contribution in [0.5, 0.6) is 0 Å². The van der Waals surface area contributed by atoms with Crippen LogP contribution in [0.4, 0.5) is 0 Å². The van der Waals surface area contributed by atoms with Crippen LogP contribution in [0, 0.1) is 11.8 Å². The van der Waals surface area contributed by atoms with Gasteiger partial charge in [-0.15, -0.1) is 0 Å². The highest BCUT2D eigenvalue weighted by molar-refractivity contribution is 5.82. The summed E-state index contributed by atoms with van der Waals surface area (Å²) < 4.78 is 5.16. The maximum Gasteiger partial charge on any atom is 0.308 e. The summed E-state index contributed by atoms with van der Waals surface area (Å²) in [7, 11) is 1.62. The van der Waals surface area contributed by atoms with Gasteiger partial charge in [0.1, 0.15) is 0 Å². The fraction of sp³-hybridized carbons (Fsp3) is 0.833. The van der Waals surface area contributed by atoms with Crippen molar-refractivity contribution < 1.29 is 19.4 Å². The van der Waals surface area contributed by atoms with E-state index in [4.69, 9.17) is 9.84 Å². The number of hydrogen-bond acceptors (Lipinski definition) is 4. The van der Waals surface area contributed by atoms with Crippen LogP contribution in [0.15, 0.2) is 0 Å². The molecule has 1 aliphatic rings. The number of nitrogens with one attached hydrogen (secondary N) is 2. The zero-order chi connectivity index (χ0) is 13.7. The van der Waals surface area contributed by atoms with Gasteiger partial charge in [-0.05, 0) is 12.3 Å². The Labute approximate surface area is 107 Å². The van der Waals surface area contributed by atoms with E-state index in [1.54, 1.807) is 7.11 Å². The third kappa shape index (κ3) is 3.96. The molecule has 3 unspecified atom stereocenters. The molecule has 0 aromatic rings. The number of amides is 1. The van der Waals surface area contributed by atoms with Crippen LogP contribution in [0.1, 0.15) is 20.3 Å². The summed E-state index contributed by atoms with van der Waals surface area (Å²) in [6.45, 7) is 4.49. The van der Waals surface area contributed by atoms with Crippen LogP contribution in [-0.2, 0) is 14.3 Å². The molecule has 1 fully saturated rings. The zero-order valence-electron chi connectivity index (χ0n) is 11.1. The Hall–Kier alpha value is -1.14. The number of hydrogen-bond donors (Lipinski definition) is 3. The van der Waals surface area contributed by atoms with Gasteiger partial charge in [0.25, 0.3) is 0 Å². The zero-order valence-corrected chi connectivity index (χ0v) is 11.1. The second-order valence-electron chi connectivity index (χ2n) is 4.99. The maximum atomic E-state index is 11.8. The lowest BCUT2D eigenvalue weighted by molar-refractivity contribution is -0.143. The summed E-state index contributed by atoms with van der Waals surface area (Å²) >= 11 is 0. The van der Waals surface area contributed by atoms with Crippen molar-refractivity contribution in [2.24, 2.45) is 11.8 Å². The first kappa shape index (κ1) is 14.9. The lowest BCUT2D eigenvalue weighted by atomic mass is 9.96. The molecular weight excluding hydrogens is 236 g/mol. The van der Waals surface area contributed by atoms with Gasteiger partial charge < -0.3 is 20.5 Å². The molecule has 1 amide bonds. The van der Waals surface area contributed by atoms with Crippen LogP contribution >= 0.6 is 0 Å². The second kappa shape index (κ2) is 6.70. The van der Waals surface area contributed by atoms with E-state index >= 15 is 0 Å². The van der Waals surface area contributed by atoms with Gasteiger partial charge in [-0.3, -0.25) is 9.59 Å². The van der Waals surface area contributed by atoms with E-state index in [1.165, 1.54) is 0 Å². The number of aliphatic carboxylic acids is 1. The lowest BCUT2D eigenvalue weighted by Crippen LogP contribution is -2.44. The standard InChI is InChI=1S/C12H22N2O4/c1-7(2)9(12(16)17)6-14-11(15)10-4-8(18-3)5-13-10/h7-10,13H,4-6H2,1-3H3,(H,14,15)(H,16,17). The van der Waals surface area contributed by atoms with E-state index in [0.717, 1.165) is 0 Å². The predicted octanol–water partition coefficient (Wildman–Crippen LogP) is -0.164. The van der Waals surface area contributed by atoms with Gasteiger partial charge in [-0.2, -0.15) is 0 Å². The minimum absolute atomic E-state index is 0.00828. The van der Waals surface area contributed by atoms with E-state index in [-0.39, 0.29) is 30.5 Å². The van der Waals surface area contributed by atoms with Crippen molar-refractivity contribution in [3.05, 3.63) is 0 Å². The molecule has 1 heterocycles. The van der Waals surface area contributed by atoms with Crippen molar-refractivity contribution in [2.45, 2.75) is 32.4 Å². The fourth-order valence-electron chi connectivity index (χ4n) is 2.02. The number of carbonyl (C=O) groups excluding carboxylic acids is 1. The quantitative estimate of drug-likeness (QED) is 0.616. The van der Waals surface area contributed by atoms with Crippen molar-refractivity contribution >= 4 is 11.9 Å². The van der Waals surface area contributed by atoms with Crippen molar-refractivity contribution in [3.8, 4) is 0 Å². The van der Waals surface area contributed by atoms with Gasteiger partial charge in [0, 0.05) is 20.2 Å². The molecule has 0 aromatic carbocycles. The smallest absolute Gasteiger partial charge is 0.308 e. The van der Waals surface area contributed by atoms with E-state index in [9.17, 15) is 9.59 Å². The molecule has 0 spiro atoms. The Morgan fingerprint density at radius 2 is 2.17 bits per heavy atom. The summed E-state index contributed by atoms with van der Waals surface area (Å²) in [4.78, 5) is 22.8. The fourth-order valence-corrected chi connectivity index (χ4v) is 2.02. The largest absolute Gasteiger partial charge is 0.481 e. The summed E-state index contributed by atoms with van der Waals surface area (Å²) in [5.41, 5.74) is 0. The number of carboxylic acids is 1. The van der Waals surface area contributed by atoms with E-state index in [0.29, 0.717) is 13.0 Å². The number of ether oxygens (including phenoxy) is 1. The van der Waals surface area contributed by atoms with Crippen molar-refractivity contribution in [3.63, 3.8) is 0 Å². The first-order valence-electron chi connectivity index (χ1n) is 6.22. The van der Waals surface area contributed by atoms with Crippen LogP contribution < -0.4 is 10.6 Å². The second-order valence-corrected chi connectivity index (χ2v) is 4.99. The molecule has 104 valence electrons. The maximum absolute atomic E-state index is 11.8. The molecule has 3 N–H and O–H groups in total. The average molecular weight is 258 g/mol.